The van der Waals surface area contributed by atoms with E-state index < -0.39 is 0 Å². The van der Waals surface area contributed by atoms with Gasteiger partial charge >= 0.3 is 29.6 Å². The fraction of sp³-hybridized carbons (Fsp3) is 0.0769. The molecule has 0 aliphatic rings. The van der Waals surface area contributed by atoms with Gasteiger partial charge in [0.25, 0.3) is 0 Å². The third kappa shape index (κ3) is 4.05. The molecule has 0 heterocycles. The van der Waals surface area contributed by atoms with Crippen molar-refractivity contribution in [1.82, 2.24) is 0 Å². The van der Waals surface area contributed by atoms with Crippen LogP contribution in [0.15, 0.2) is 12.1 Å². The molecule has 2 nitrogen and oxygen atoms in total. The van der Waals surface area contributed by atoms with Gasteiger partial charge < -0.3 is 10.2 Å². The minimum absolute atomic E-state index is 0. The number of hydrogen-bond acceptors (Lipinski definition) is 2. The Bertz CT molecular complexity index is 621. The molecule has 0 unspecified atom stereocenters. The standard InChI is InChI=1S/C13H6Cl6O2.Na.H/c14-6-2-8(16)12(20)4(10(6)18)1-5-11(19)7(15)3-9(17)13(5)21;;/h2-3,20-21H,1H2;;. The number of hydrogen-bond donors (Lipinski definition) is 2. The molecule has 22 heavy (non-hydrogen) atoms. The number of phenolic OH excluding ortho intramolecular Hbond substituents is 2. The van der Waals surface area contributed by atoms with Crippen molar-refractivity contribution in [3.8, 4) is 11.5 Å². The summed E-state index contributed by atoms with van der Waals surface area (Å²) in [4.78, 5) is 0. The third-order valence-corrected chi connectivity index (χ3v) is 5.06. The van der Waals surface area contributed by atoms with Crippen molar-refractivity contribution in [2.24, 2.45) is 0 Å². The summed E-state index contributed by atoms with van der Waals surface area (Å²) in [5, 5.41) is 20.6. The van der Waals surface area contributed by atoms with Gasteiger partial charge in [0.2, 0.25) is 0 Å². The fourth-order valence-electron chi connectivity index (χ4n) is 1.77. The zero-order chi connectivity index (χ0) is 15.9. The molecule has 2 aromatic rings. The molecule has 0 atom stereocenters. The van der Waals surface area contributed by atoms with Crippen LogP contribution in [0.3, 0.4) is 0 Å². The zero-order valence-corrected chi connectivity index (χ0v) is 14.6. The normalized spacial score (nSPS) is 10.5. The molecule has 2 aromatic carbocycles. The van der Waals surface area contributed by atoms with E-state index in [0.29, 0.717) is 0 Å². The van der Waals surface area contributed by atoms with E-state index in [-0.39, 0.29) is 88.7 Å². The Hall–Kier alpha value is 0.780. The molecule has 0 amide bonds. The predicted molar refractivity (Wildman–Crippen MR) is 96.2 cm³/mol. The van der Waals surface area contributed by atoms with Gasteiger partial charge in [-0.1, -0.05) is 69.6 Å². The molecule has 0 bridgehead atoms. The molecular formula is C13H7Cl6NaO2. The molecular weight excluding hydrogens is 424 g/mol. The van der Waals surface area contributed by atoms with Crippen LogP contribution >= 0.6 is 69.6 Å². The summed E-state index contributed by atoms with van der Waals surface area (Å²) in [7, 11) is 0. The number of benzene rings is 2. The number of rotatable bonds is 2. The molecule has 0 radical (unpaired) electrons. The Morgan fingerprint density at radius 1 is 0.636 bits per heavy atom. The van der Waals surface area contributed by atoms with Gasteiger partial charge in [-0.3, -0.25) is 0 Å². The second-order valence-corrected chi connectivity index (χ2v) is 6.52. The molecule has 2 N–H and O–H groups in total. The van der Waals surface area contributed by atoms with Crippen LogP contribution in [0.2, 0.25) is 30.1 Å². The van der Waals surface area contributed by atoms with Gasteiger partial charge in [-0.05, 0) is 12.1 Å². The molecule has 0 saturated carbocycles. The van der Waals surface area contributed by atoms with E-state index in [9.17, 15) is 10.2 Å². The van der Waals surface area contributed by atoms with Crippen molar-refractivity contribution in [3.05, 3.63) is 53.4 Å². The SMILES string of the molecule is Oc1c(Cl)cc(Cl)c(Cl)c1Cc1c(O)c(Cl)cc(Cl)c1Cl.[NaH]. The van der Waals surface area contributed by atoms with E-state index in [0.717, 1.165) is 0 Å². The average molecular weight is 431 g/mol. The first-order chi connectivity index (χ1) is 9.73. The first-order valence-corrected chi connectivity index (χ1v) is 7.71. The van der Waals surface area contributed by atoms with Crippen LogP contribution in [-0.4, -0.2) is 39.8 Å². The molecule has 2 rings (SSSR count). The van der Waals surface area contributed by atoms with Crippen molar-refractivity contribution >= 4 is 99.2 Å². The van der Waals surface area contributed by atoms with Gasteiger partial charge in [0.15, 0.2) is 0 Å². The summed E-state index contributed by atoms with van der Waals surface area (Å²) in [6.45, 7) is 0. The van der Waals surface area contributed by atoms with Crippen molar-refractivity contribution < 1.29 is 10.2 Å². The number of halogens is 6. The Balaban J connectivity index is 0.00000242. The molecule has 0 fully saturated rings. The molecule has 0 aliphatic heterocycles. The van der Waals surface area contributed by atoms with Crippen molar-refractivity contribution in [2.45, 2.75) is 6.42 Å². The van der Waals surface area contributed by atoms with Crippen LogP contribution in [0.5, 0.6) is 11.5 Å². The summed E-state index contributed by atoms with van der Waals surface area (Å²) >= 11 is 35.7. The zero-order valence-electron chi connectivity index (χ0n) is 10.0. The van der Waals surface area contributed by atoms with E-state index in [4.69, 9.17) is 69.6 Å². The van der Waals surface area contributed by atoms with Crippen LogP contribution in [0, 0.1) is 0 Å². The van der Waals surface area contributed by atoms with Crippen LogP contribution in [0.1, 0.15) is 11.1 Å². The molecule has 0 aliphatic carbocycles. The maximum absolute atomic E-state index is 10.0. The fourth-order valence-corrected chi connectivity index (χ4v) is 3.20. The molecule has 114 valence electrons. The van der Waals surface area contributed by atoms with Crippen molar-refractivity contribution in [1.29, 1.82) is 0 Å². The Morgan fingerprint density at radius 2 is 0.955 bits per heavy atom. The van der Waals surface area contributed by atoms with E-state index in [1.165, 1.54) is 12.1 Å². The number of aromatic hydroxyl groups is 2. The van der Waals surface area contributed by atoms with Crippen LogP contribution < -0.4 is 0 Å². The van der Waals surface area contributed by atoms with Crippen LogP contribution in [0.25, 0.3) is 0 Å². The van der Waals surface area contributed by atoms with Gasteiger partial charge in [-0.25, -0.2) is 0 Å². The molecule has 9 heteroatoms. The molecule has 0 spiro atoms. The van der Waals surface area contributed by atoms with E-state index in [1.54, 1.807) is 0 Å². The maximum atomic E-state index is 10.0. The first-order valence-electron chi connectivity index (χ1n) is 5.44. The molecule has 0 aromatic heterocycles. The van der Waals surface area contributed by atoms with Crippen molar-refractivity contribution in [2.75, 3.05) is 0 Å². The quantitative estimate of drug-likeness (QED) is 0.456. The topological polar surface area (TPSA) is 40.5 Å². The second-order valence-electron chi connectivity index (χ2n) is 4.14. The van der Waals surface area contributed by atoms with E-state index >= 15 is 0 Å². The summed E-state index contributed by atoms with van der Waals surface area (Å²) in [5.41, 5.74) is 0.425. The molecule has 0 saturated heterocycles. The summed E-state index contributed by atoms with van der Waals surface area (Å²) < 4.78 is 0. The number of phenols is 2. The van der Waals surface area contributed by atoms with Gasteiger partial charge in [0, 0.05) is 17.5 Å². The van der Waals surface area contributed by atoms with Crippen LogP contribution in [0.4, 0.5) is 0 Å². The average Bonchev–Trinajstić information content (AvgIpc) is 2.42. The van der Waals surface area contributed by atoms with Gasteiger partial charge in [0.1, 0.15) is 11.5 Å². The van der Waals surface area contributed by atoms with Crippen molar-refractivity contribution in [3.63, 3.8) is 0 Å². The minimum atomic E-state index is -0.252. The predicted octanol–water partition coefficient (Wildman–Crippen LogP) is 5.96. The monoisotopic (exact) mass is 428 g/mol. The first kappa shape index (κ1) is 20.8. The van der Waals surface area contributed by atoms with E-state index in [1.807, 2.05) is 0 Å². The Kier molecular flexibility index (Phi) is 7.80. The van der Waals surface area contributed by atoms with E-state index in [2.05, 4.69) is 0 Å². The summed E-state index contributed by atoms with van der Waals surface area (Å²) in [6, 6.07) is 2.63. The second kappa shape index (κ2) is 8.24. The Labute approximate surface area is 179 Å². The van der Waals surface area contributed by atoms with Crippen LogP contribution in [-0.2, 0) is 6.42 Å². The summed E-state index contributed by atoms with van der Waals surface area (Å²) in [5.74, 6) is -0.504. The Morgan fingerprint density at radius 3 is 1.27 bits per heavy atom. The van der Waals surface area contributed by atoms with Gasteiger partial charge in [0.05, 0.1) is 30.1 Å². The third-order valence-electron chi connectivity index (χ3n) is 2.83. The van der Waals surface area contributed by atoms with Gasteiger partial charge in [-0.15, -0.1) is 0 Å². The summed E-state index contributed by atoms with van der Waals surface area (Å²) in [6.07, 6.45) is -0.0457. The van der Waals surface area contributed by atoms with Gasteiger partial charge in [-0.2, -0.15) is 0 Å².